The van der Waals surface area contributed by atoms with Crippen LogP contribution in [-0.2, 0) is 10.9 Å². The first-order chi connectivity index (χ1) is 14.4. The fraction of sp³-hybridized carbons (Fsp3) is 0.250. The minimum Gasteiger partial charge on any atom is -0.371 e. The summed E-state index contributed by atoms with van der Waals surface area (Å²) in [4.78, 5) is 16.4. The van der Waals surface area contributed by atoms with E-state index in [0.29, 0.717) is 12.3 Å². The highest BCUT2D eigenvalue weighted by Crippen LogP contribution is 2.29. The highest BCUT2D eigenvalue weighted by molar-refractivity contribution is 6.03. The Morgan fingerprint density at radius 2 is 2.00 bits per heavy atom. The molecule has 2 N–H and O–H groups in total. The number of hydrogen-bond donors (Lipinski definition) is 2. The van der Waals surface area contributed by atoms with Crippen LogP contribution in [0.1, 0.15) is 27.6 Å². The van der Waals surface area contributed by atoms with E-state index in [1.54, 1.807) is 12.1 Å². The van der Waals surface area contributed by atoms with E-state index in [0.717, 1.165) is 41.7 Å². The Balaban J connectivity index is 0.00000272. The van der Waals surface area contributed by atoms with Gasteiger partial charge in [-0.2, -0.15) is 18.3 Å². The predicted molar refractivity (Wildman–Crippen MR) is 110 cm³/mol. The molecule has 0 radical (unpaired) electrons. The van der Waals surface area contributed by atoms with Crippen LogP contribution in [-0.4, -0.2) is 40.4 Å². The fourth-order valence-electron chi connectivity index (χ4n) is 3.05. The number of ether oxygens (including phenoxy) is 1. The van der Waals surface area contributed by atoms with E-state index < -0.39 is 17.6 Å². The molecule has 2 aromatic heterocycles. The molecule has 7 nitrogen and oxygen atoms in total. The van der Waals surface area contributed by atoms with Crippen molar-refractivity contribution < 1.29 is 22.7 Å². The molecule has 1 amide bonds. The van der Waals surface area contributed by atoms with Crippen LogP contribution in [0.3, 0.4) is 0 Å². The topological polar surface area (TPSA) is 81.1 Å². The van der Waals surface area contributed by atoms with Gasteiger partial charge in [-0.1, -0.05) is 12.1 Å². The van der Waals surface area contributed by atoms with Crippen molar-refractivity contribution >= 4 is 24.0 Å². The Bertz CT molecular complexity index is 1030. The molecule has 31 heavy (non-hydrogen) atoms. The van der Waals surface area contributed by atoms with Gasteiger partial charge in [0, 0.05) is 31.2 Å². The normalized spacial score (nSPS) is 16.4. The molecule has 1 saturated heterocycles. The quantitative estimate of drug-likeness (QED) is 0.630. The number of anilines is 1. The smallest absolute Gasteiger partial charge is 0.371 e. The van der Waals surface area contributed by atoms with Crippen LogP contribution >= 0.6 is 12.4 Å². The Morgan fingerprint density at radius 3 is 2.68 bits per heavy atom. The second-order valence-electron chi connectivity index (χ2n) is 6.71. The van der Waals surface area contributed by atoms with Crippen molar-refractivity contribution in [3.05, 3.63) is 71.7 Å². The zero-order chi connectivity index (χ0) is 21.1. The monoisotopic (exact) mass is 453 g/mol. The zero-order valence-electron chi connectivity index (χ0n) is 16.1. The summed E-state index contributed by atoms with van der Waals surface area (Å²) in [5.41, 5.74) is 0.936. The summed E-state index contributed by atoms with van der Waals surface area (Å²) in [5, 5.41) is 9.95. The first kappa shape index (κ1) is 22.7. The van der Waals surface area contributed by atoms with Gasteiger partial charge in [0.2, 0.25) is 0 Å². The van der Waals surface area contributed by atoms with Crippen molar-refractivity contribution in [3.63, 3.8) is 0 Å². The standard InChI is InChI=1S/C20H18F3N5O2.ClH/c21-20(22,23)15-5-6-25-18(9-15)28-12-14(10-26-28)19(29)27-16-3-1-13(2-4-16)17-11-24-7-8-30-17;/h1-6,9-10,12,17,24H,7-8,11H2,(H,27,29);1H/t17-;/m1./s1. The summed E-state index contributed by atoms with van der Waals surface area (Å²) < 4.78 is 45.4. The van der Waals surface area contributed by atoms with E-state index in [1.807, 2.05) is 12.1 Å². The van der Waals surface area contributed by atoms with Crippen molar-refractivity contribution in [3.8, 4) is 5.82 Å². The van der Waals surface area contributed by atoms with E-state index in [2.05, 4.69) is 20.7 Å². The van der Waals surface area contributed by atoms with Gasteiger partial charge in [0.05, 0.1) is 30.0 Å². The van der Waals surface area contributed by atoms with E-state index in [9.17, 15) is 18.0 Å². The van der Waals surface area contributed by atoms with Crippen LogP contribution in [0.25, 0.3) is 5.82 Å². The average molecular weight is 454 g/mol. The molecule has 4 rings (SSSR count). The molecule has 0 spiro atoms. The molecule has 0 saturated carbocycles. The number of amides is 1. The van der Waals surface area contributed by atoms with Gasteiger partial charge >= 0.3 is 6.18 Å². The third-order valence-electron chi connectivity index (χ3n) is 4.62. The van der Waals surface area contributed by atoms with Gasteiger partial charge in [-0.05, 0) is 29.8 Å². The molecule has 1 fully saturated rings. The Kier molecular flexibility index (Phi) is 6.94. The highest BCUT2D eigenvalue weighted by Gasteiger charge is 2.31. The second kappa shape index (κ2) is 9.46. The summed E-state index contributed by atoms with van der Waals surface area (Å²) in [5.74, 6) is -0.467. The molecule has 3 aromatic rings. The predicted octanol–water partition coefficient (Wildman–Crippen LogP) is 3.62. The lowest BCUT2D eigenvalue weighted by atomic mass is 10.1. The fourth-order valence-corrected chi connectivity index (χ4v) is 3.05. The molecule has 0 aliphatic carbocycles. The summed E-state index contributed by atoms with van der Waals surface area (Å²) in [6, 6.07) is 9.04. The molecule has 1 aromatic carbocycles. The van der Waals surface area contributed by atoms with Gasteiger partial charge in [-0.3, -0.25) is 4.79 Å². The molecule has 164 valence electrons. The van der Waals surface area contributed by atoms with Gasteiger partial charge in [-0.15, -0.1) is 12.4 Å². The van der Waals surface area contributed by atoms with Gasteiger partial charge in [0.15, 0.2) is 5.82 Å². The molecular formula is C20H19ClF3N5O2. The van der Waals surface area contributed by atoms with Crippen LogP contribution in [0, 0.1) is 0 Å². The minimum atomic E-state index is -4.49. The number of nitrogens with zero attached hydrogens (tertiary/aromatic N) is 3. The van der Waals surface area contributed by atoms with Crippen molar-refractivity contribution in [1.82, 2.24) is 20.1 Å². The number of rotatable bonds is 4. The van der Waals surface area contributed by atoms with Crippen LogP contribution in [0.15, 0.2) is 55.0 Å². The van der Waals surface area contributed by atoms with Crippen molar-refractivity contribution in [2.45, 2.75) is 12.3 Å². The van der Waals surface area contributed by atoms with Gasteiger partial charge < -0.3 is 15.4 Å². The Labute approximate surface area is 182 Å². The Morgan fingerprint density at radius 1 is 1.23 bits per heavy atom. The molecule has 1 atom stereocenters. The maximum atomic E-state index is 12.9. The highest BCUT2D eigenvalue weighted by atomic mass is 35.5. The third kappa shape index (κ3) is 5.40. The number of benzene rings is 1. The number of nitrogens with one attached hydrogen (secondary N) is 2. The number of pyridine rings is 1. The molecular weight excluding hydrogens is 435 g/mol. The maximum absolute atomic E-state index is 12.9. The minimum absolute atomic E-state index is 0. The van der Waals surface area contributed by atoms with E-state index in [4.69, 9.17) is 4.74 Å². The number of hydrogen-bond acceptors (Lipinski definition) is 5. The van der Waals surface area contributed by atoms with Gasteiger partial charge in [0.25, 0.3) is 5.91 Å². The lowest BCUT2D eigenvalue weighted by Gasteiger charge is -2.24. The SMILES string of the molecule is Cl.O=C(Nc1ccc([C@H]2CNCCO2)cc1)c1cnn(-c2cc(C(F)(F)F)ccn2)c1. The van der Waals surface area contributed by atoms with Crippen molar-refractivity contribution in [2.24, 2.45) is 0 Å². The molecule has 0 unspecified atom stereocenters. The number of aromatic nitrogens is 3. The number of alkyl halides is 3. The van der Waals surface area contributed by atoms with Crippen LogP contribution in [0.4, 0.5) is 18.9 Å². The summed E-state index contributed by atoms with van der Waals surface area (Å²) in [6.45, 7) is 2.21. The summed E-state index contributed by atoms with van der Waals surface area (Å²) >= 11 is 0. The number of carbonyl (C=O) groups is 1. The summed E-state index contributed by atoms with van der Waals surface area (Å²) in [7, 11) is 0. The zero-order valence-corrected chi connectivity index (χ0v) is 16.9. The maximum Gasteiger partial charge on any atom is 0.416 e. The largest absolute Gasteiger partial charge is 0.416 e. The number of carbonyl (C=O) groups excluding carboxylic acids is 1. The number of morpholine rings is 1. The second-order valence-corrected chi connectivity index (χ2v) is 6.71. The van der Waals surface area contributed by atoms with E-state index in [1.165, 1.54) is 12.4 Å². The van der Waals surface area contributed by atoms with Gasteiger partial charge in [0.1, 0.15) is 0 Å². The van der Waals surface area contributed by atoms with Gasteiger partial charge in [-0.25, -0.2) is 9.67 Å². The van der Waals surface area contributed by atoms with Crippen LogP contribution in [0.2, 0.25) is 0 Å². The average Bonchev–Trinajstić information content (AvgIpc) is 3.25. The molecule has 0 bridgehead atoms. The van der Waals surface area contributed by atoms with E-state index >= 15 is 0 Å². The van der Waals surface area contributed by atoms with Crippen LogP contribution < -0.4 is 10.6 Å². The molecule has 1 aliphatic rings. The van der Waals surface area contributed by atoms with E-state index in [-0.39, 0.29) is 29.9 Å². The first-order valence-electron chi connectivity index (χ1n) is 9.22. The molecule has 1 aliphatic heterocycles. The van der Waals surface area contributed by atoms with Crippen molar-refractivity contribution in [1.29, 1.82) is 0 Å². The lowest BCUT2D eigenvalue weighted by Crippen LogP contribution is -2.33. The lowest BCUT2D eigenvalue weighted by molar-refractivity contribution is -0.137. The first-order valence-corrected chi connectivity index (χ1v) is 9.22. The van der Waals surface area contributed by atoms with Crippen molar-refractivity contribution in [2.75, 3.05) is 25.0 Å². The Hall–Kier alpha value is -2.95. The molecule has 11 heteroatoms. The van der Waals surface area contributed by atoms with Crippen LogP contribution in [0.5, 0.6) is 0 Å². The molecule has 3 heterocycles. The summed E-state index contributed by atoms with van der Waals surface area (Å²) in [6.07, 6.45) is -0.870. The number of halogens is 4. The third-order valence-corrected chi connectivity index (χ3v) is 4.62.